The Bertz CT molecular complexity index is 874. The van der Waals surface area contributed by atoms with Gasteiger partial charge < -0.3 is 9.84 Å². The molecule has 2 aromatic carbocycles. The molecule has 134 valence electrons. The lowest BCUT2D eigenvalue weighted by molar-refractivity contribution is -0.138. The van der Waals surface area contributed by atoms with Crippen molar-refractivity contribution in [2.45, 2.75) is 19.9 Å². The van der Waals surface area contributed by atoms with E-state index in [1.807, 2.05) is 6.92 Å². The molecular formula is C20H18FNO4. The van der Waals surface area contributed by atoms with E-state index in [1.54, 1.807) is 30.3 Å². The van der Waals surface area contributed by atoms with Gasteiger partial charge in [-0.1, -0.05) is 37.3 Å². The number of hydrogen-bond acceptors (Lipinski definition) is 4. The molecule has 2 aromatic rings. The molecule has 0 saturated heterocycles. The molecule has 0 aliphatic carbocycles. The number of imide groups is 1. The first-order valence-corrected chi connectivity index (χ1v) is 8.29. The fourth-order valence-corrected chi connectivity index (χ4v) is 2.70. The van der Waals surface area contributed by atoms with Crippen molar-refractivity contribution in [3.05, 3.63) is 71.2 Å². The topological polar surface area (TPSA) is 66.8 Å². The average Bonchev–Trinajstić information content (AvgIpc) is 2.86. The molecule has 0 spiro atoms. The van der Waals surface area contributed by atoms with E-state index in [1.165, 1.54) is 18.2 Å². The van der Waals surface area contributed by atoms with Crippen molar-refractivity contribution in [2.24, 2.45) is 0 Å². The van der Waals surface area contributed by atoms with Crippen molar-refractivity contribution in [3.8, 4) is 5.75 Å². The van der Waals surface area contributed by atoms with E-state index in [-0.39, 0.29) is 17.7 Å². The van der Waals surface area contributed by atoms with Gasteiger partial charge >= 0.3 is 0 Å². The Kier molecular flexibility index (Phi) is 5.02. The summed E-state index contributed by atoms with van der Waals surface area (Å²) < 4.78 is 19.3. The third-order valence-corrected chi connectivity index (χ3v) is 4.05. The number of nitrogens with zero attached hydrogens (tertiary/aromatic N) is 1. The molecule has 0 bridgehead atoms. The van der Waals surface area contributed by atoms with Crippen molar-refractivity contribution in [2.75, 3.05) is 6.61 Å². The van der Waals surface area contributed by atoms with Gasteiger partial charge in [0.1, 0.15) is 11.6 Å². The average molecular weight is 355 g/mol. The second kappa shape index (κ2) is 7.39. The Morgan fingerprint density at radius 2 is 1.73 bits per heavy atom. The molecule has 3 rings (SSSR count). The lowest BCUT2D eigenvalue weighted by Gasteiger charge is -2.15. The maximum absolute atomic E-state index is 13.8. The number of aliphatic hydroxyl groups excluding tert-OH is 1. The molecule has 0 atom stereocenters. The zero-order valence-electron chi connectivity index (χ0n) is 14.2. The van der Waals surface area contributed by atoms with Crippen LogP contribution in [0.3, 0.4) is 0 Å². The SMILES string of the molecule is CCCOc1ccc(C2=C(O)C(=O)N(Cc3ccccc3F)C2=O)cc1. The Morgan fingerprint density at radius 1 is 1.04 bits per heavy atom. The minimum Gasteiger partial charge on any atom is -0.502 e. The van der Waals surface area contributed by atoms with Gasteiger partial charge in [0.15, 0.2) is 5.76 Å². The van der Waals surface area contributed by atoms with Crippen molar-refractivity contribution < 1.29 is 23.8 Å². The van der Waals surface area contributed by atoms with Crippen LogP contribution < -0.4 is 4.74 Å². The lowest BCUT2D eigenvalue weighted by Crippen LogP contribution is -2.31. The number of halogens is 1. The van der Waals surface area contributed by atoms with Gasteiger partial charge in [-0.2, -0.15) is 0 Å². The first kappa shape index (κ1) is 17.7. The molecule has 0 saturated carbocycles. The summed E-state index contributed by atoms with van der Waals surface area (Å²) >= 11 is 0. The number of carbonyl (C=O) groups is 2. The first-order valence-electron chi connectivity index (χ1n) is 8.29. The van der Waals surface area contributed by atoms with Gasteiger partial charge in [0.05, 0.1) is 18.7 Å². The van der Waals surface area contributed by atoms with E-state index in [0.717, 1.165) is 11.3 Å². The molecule has 2 amide bonds. The lowest BCUT2D eigenvalue weighted by atomic mass is 10.1. The zero-order valence-corrected chi connectivity index (χ0v) is 14.2. The van der Waals surface area contributed by atoms with Crippen LogP contribution in [0.25, 0.3) is 5.57 Å². The minimum atomic E-state index is -0.834. The Labute approximate surface area is 150 Å². The number of hydrogen-bond donors (Lipinski definition) is 1. The Balaban J connectivity index is 1.83. The summed E-state index contributed by atoms with van der Waals surface area (Å²) in [6.45, 7) is 2.32. The molecule has 26 heavy (non-hydrogen) atoms. The van der Waals surface area contributed by atoms with Crippen LogP contribution in [0, 0.1) is 5.82 Å². The second-order valence-electron chi connectivity index (χ2n) is 5.88. The van der Waals surface area contributed by atoms with Gasteiger partial charge in [-0.05, 0) is 30.2 Å². The molecule has 1 heterocycles. The van der Waals surface area contributed by atoms with Crippen molar-refractivity contribution >= 4 is 17.4 Å². The number of rotatable bonds is 6. The van der Waals surface area contributed by atoms with Crippen LogP contribution >= 0.6 is 0 Å². The van der Waals surface area contributed by atoms with Crippen LogP contribution in [0.15, 0.2) is 54.3 Å². The first-order chi connectivity index (χ1) is 12.5. The number of carbonyl (C=O) groups excluding carboxylic acids is 2. The Hall–Kier alpha value is -3.15. The molecule has 0 aromatic heterocycles. The van der Waals surface area contributed by atoms with Crippen molar-refractivity contribution in [1.82, 2.24) is 4.90 Å². The third-order valence-electron chi connectivity index (χ3n) is 4.05. The highest BCUT2D eigenvalue weighted by molar-refractivity contribution is 6.34. The summed E-state index contributed by atoms with van der Waals surface area (Å²) in [5.41, 5.74) is 0.515. The molecule has 1 N–H and O–H groups in total. The molecule has 6 heteroatoms. The summed E-state index contributed by atoms with van der Waals surface area (Å²) in [4.78, 5) is 25.7. The van der Waals surface area contributed by atoms with Gasteiger partial charge in [-0.15, -0.1) is 0 Å². The van der Waals surface area contributed by atoms with Crippen molar-refractivity contribution in [3.63, 3.8) is 0 Å². The molecule has 1 aliphatic heterocycles. The Morgan fingerprint density at radius 3 is 2.38 bits per heavy atom. The van der Waals surface area contributed by atoms with E-state index in [0.29, 0.717) is 17.9 Å². The predicted octanol–water partition coefficient (Wildman–Crippen LogP) is 3.45. The quantitative estimate of drug-likeness (QED) is 0.806. The summed E-state index contributed by atoms with van der Waals surface area (Å²) in [7, 11) is 0. The number of amides is 2. The second-order valence-corrected chi connectivity index (χ2v) is 5.88. The van der Waals surface area contributed by atoms with Gasteiger partial charge in [0.2, 0.25) is 0 Å². The van der Waals surface area contributed by atoms with Crippen LogP contribution in [-0.2, 0) is 16.1 Å². The fraction of sp³-hybridized carbons (Fsp3) is 0.200. The molecule has 5 nitrogen and oxygen atoms in total. The van der Waals surface area contributed by atoms with Crippen LogP contribution in [0.2, 0.25) is 0 Å². The summed E-state index contributed by atoms with van der Waals surface area (Å²) in [5, 5.41) is 10.2. The zero-order chi connectivity index (χ0) is 18.7. The molecule has 0 unspecified atom stereocenters. The molecule has 0 radical (unpaired) electrons. The number of aliphatic hydroxyl groups is 1. The number of benzene rings is 2. The van der Waals surface area contributed by atoms with Crippen molar-refractivity contribution in [1.29, 1.82) is 0 Å². The van der Waals surface area contributed by atoms with Gasteiger partial charge in [0, 0.05) is 5.56 Å². The van der Waals surface area contributed by atoms with E-state index in [9.17, 15) is 19.1 Å². The van der Waals surface area contributed by atoms with Crippen LogP contribution in [0.5, 0.6) is 5.75 Å². The van der Waals surface area contributed by atoms with Crippen LogP contribution in [-0.4, -0.2) is 28.4 Å². The largest absolute Gasteiger partial charge is 0.502 e. The molecule has 0 fully saturated rings. The van der Waals surface area contributed by atoms with Gasteiger partial charge in [-0.3, -0.25) is 14.5 Å². The monoisotopic (exact) mass is 355 g/mol. The normalized spacial score (nSPS) is 14.3. The van der Waals surface area contributed by atoms with Crippen LogP contribution in [0.4, 0.5) is 4.39 Å². The summed E-state index contributed by atoms with van der Waals surface area (Å²) in [5.74, 6) is -2.00. The van der Waals surface area contributed by atoms with Gasteiger partial charge in [-0.25, -0.2) is 4.39 Å². The van der Waals surface area contributed by atoms with Gasteiger partial charge in [0.25, 0.3) is 11.8 Å². The fourth-order valence-electron chi connectivity index (χ4n) is 2.70. The van der Waals surface area contributed by atoms with E-state index >= 15 is 0 Å². The molecule has 1 aliphatic rings. The maximum Gasteiger partial charge on any atom is 0.296 e. The summed E-state index contributed by atoms with van der Waals surface area (Å²) in [6.07, 6.45) is 0.867. The van der Waals surface area contributed by atoms with E-state index in [4.69, 9.17) is 4.74 Å². The third kappa shape index (κ3) is 3.31. The highest BCUT2D eigenvalue weighted by Gasteiger charge is 2.39. The van der Waals surface area contributed by atoms with E-state index < -0.39 is 23.4 Å². The van der Waals surface area contributed by atoms with Crippen LogP contribution in [0.1, 0.15) is 24.5 Å². The smallest absolute Gasteiger partial charge is 0.296 e. The predicted molar refractivity (Wildman–Crippen MR) is 93.7 cm³/mol. The highest BCUT2D eigenvalue weighted by Crippen LogP contribution is 2.30. The highest BCUT2D eigenvalue weighted by atomic mass is 19.1. The summed E-state index contributed by atoms with van der Waals surface area (Å²) in [6, 6.07) is 12.4. The number of ether oxygens (including phenoxy) is 1. The molecular weight excluding hydrogens is 337 g/mol. The van der Waals surface area contributed by atoms with E-state index in [2.05, 4.69) is 0 Å². The minimum absolute atomic E-state index is 0.0895. The maximum atomic E-state index is 13.8. The standard InChI is InChI=1S/C20H18FNO4/c1-2-11-26-15-9-7-13(8-10-15)17-18(23)20(25)22(19(17)24)12-14-5-3-4-6-16(14)21/h3-10,23H,2,11-12H2,1H3.